The largest absolute Gasteiger partial charge is 0.470 e. The van der Waals surface area contributed by atoms with Crippen molar-refractivity contribution in [1.82, 2.24) is 0 Å². The van der Waals surface area contributed by atoms with Crippen LogP contribution in [0.2, 0.25) is 0 Å². The SMILES string of the molecule is CCC(N)C(C#N)OP(=O)(O)O. The molecule has 0 aliphatic carbocycles. The van der Waals surface area contributed by atoms with Gasteiger partial charge in [0.1, 0.15) is 0 Å². The second-order valence-corrected chi connectivity index (χ2v) is 3.41. The monoisotopic (exact) mass is 194 g/mol. The minimum absolute atomic E-state index is 0.415. The summed E-state index contributed by atoms with van der Waals surface area (Å²) in [5, 5.41) is 8.39. The van der Waals surface area contributed by atoms with Crippen LogP contribution in [0.4, 0.5) is 0 Å². The van der Waals surface area contributed by atoms with E-state index < -0.39 is 20.0 Å². The number of hydrogen-bond acceptors (Lipinski definition) is 4. The molecule has 0 fully saturated rings. The summed E-state index contributed by atoms with van der Waals surface area (Å²) < 4.78 is 14.4. The van der Waals surface area contributed by atoms with Crippen molar-refractivity contribution in [2.75, 3.05) is 0 Å². The van der Waals surface area contributed by atoms with Crippen molar-refractivity contribution in [3.63, 3.8) is 0 Å². The third-order valence-corrected chi connectivity index (χ3v) is 1.74. The number of hydrogen-bond donors (Lipinski definition) is 3. The van der Waals surface area contributed by atoms with Gasteiger partial charge >= 0.3 is 7.82 Å². The Morgan fingerprint density at radius 3 is 2.50 bits per heavy atom. The molecule has 0 saturated carbocycles. The third kappa shape index (κ3) is 4.44. The van der Waals surface area contributed by atoms with E-state index in [1.165, 1.54) is 0 Å². The second-order valence-electron chi connectivity index (χ2n) is 2.22. The van der Waals surface area contributed by atoms with Gasteiger partial charge in [-0.15, -0.1) is 0 Å². The van der Waals surface area contributed by atoms with E-state index in [1.54, 1.807) is 13.0 Å². The molecule has 0 aliphatic rings. The average Bonchev–Trinajstić information content (AvgIpc) is 1.97. The molecule has 0 rings (SSSR count). The molecular weight excluding hydrogens is 183 g/mol. The smallest absolute Gasteiger partial charge is 0.325 e. The Hall–Kier alpha value is -0.440. The van der Waals surface area contributed by atoms with E-state index >= 15 is 0 Å². The maximum Gasteiger partial charge on any atom is 0.470 e. The molecule has 70 valence electrons. The highest BCUT2D eigenvalue weighted by atomic mass is 31.2. The van der Waals surface area contributed by atoms with Crippen LogP contribution in [0, 0.1) is 11.3 Å². The zero-order valence-corrected chi connectivity index (χ0v) is 7.44. The van der Waals surface area contributed by atoms with E-state index in [-0.39, 0.29) is 0 Å². The molecule has 4 N–H and O–H groups in total. The van der Waals surface area contributed by atoms with Crippen LogP contribution in [0.5, 0.6) is 0 Å². The highest BCUT2D eigenvalue weighted by Gasteiger charge is 2.25. The quantitative estimate of drug-likeness (QED) is 0.530. The Morgan fingerprint density at radius 2 is 2.25 bits per heavy atom. The van der Waals surface area contributed by atoms with E-state index in [0.717, 1.165) is 0 Å². The average molecular weight is 194 g/mol. The number of nitrogens with two attached hydrogens (primary N) is 1. The number of nitriles is 1. The van der Waals surface area contributed by atoms with Crippen molar-refractivity contribution in [3.05, 3.63) is 0 Å². The molecule has 0 spiro atoms. The first-order valence-electron chi connectivity index (χ1n) is 3.30. The maximum absolute atomic E-state index is 10.3. The lowest BCUT2D eigenvalue weighted by Gasteiger charge is -2.16. The van der Waals surface area contributed by atoms with Crippen molar-refractivity contribution >= 4 is 7.82 Å². The molecule has 0 aromatic carbocycles. The van der Waals surface area contributed by atoms with E-state index in [0.29, 0.717) is 6.42 Å². The summed E-state index contributed by atoms with van der Waals surface area (Å²) in [6, 6.07) is 0.892. The van der Waals surface area contributed by atoms with Gasteiger partial charge in [0.2, 0.25) is 0 Å². The van der Waals surface area contributed by atoms with Crippen molar-refractivity contribution in [2.45, 2.75) is 25.5 Å². The molecule has 7 heteroatoms. The molecule has 0 aromatic rings. The number of rotatable bonds is 4. The molecule has 0 saturated heterocycles. The van der Waals surface area contributed by atoms with E-state index in [4.69, 9.17) is 20.8 Å². The first-order chi connectivity index (χ1) is 5.40. The van der Waals surface area contributed by atoms with Gasteiger partial charge in [-0.3, -0.25) is 4.52 Å². The van der Waals surface area contributed by atoms with Crippen LogP contribution in [0.25, 0.3) is 0 Å². The Balaban J connectivity index is 4.21. The molecule has 0 bridgehead atoms. The minimum Gasteiger partial charge on any atom is -0.325 e. The first kappa shape index (κ1) is 11.6. The Morgan fingerprint density at radius 1 is 1.75 bits per heavy atom. The van der Waals surface area contributed by atoms with Gasteiger partial charge in [-0.1, -0.05) is 6.92 Å². The van der Waals surface area contributed by atoms with E-state index in [9.17, 15) is 4.57 Å². The van der Waals surface area contributed by atoms with Gasteiger partial charge in [0.25, 0.3) is 0 Å². The van der Waals surface area contributed by atoms with Gasteiger partial charge < -0.3 is 15.5 Å². The normalized spacial score (nSPS) is 16.6. The maximum atomic E-state index is 10.3. The molecule has 6 nitrogen and oxygen atoms in total. The summed E-state index contributed by atoms with van der Waals surface area (Å²) in [7, 11) is -4.61. The summed E-state index contributed by atoms with van der Waals surface area (Å²) >= 11 is 0. The lowest BCUT2D eigenvalue weighted by Crippen LogP contribution is -2.34. The fraction of sp³-hybridized carbons (Fsp3) is 0.800. The van der Waals surface area contributed by atoms with Crippen LogP contribution >= 0.6 is 7.82 Å². The summed E-state index contributed by atoms with van der Waals surface area (Å²) in [4.78, 5) is 16.7. The van der Waals surface area contributed by atoms with Crippen LogP contribution < -0.4 is 5.73 Å². The zero-order chi connectivity index (χ0) is 9.78. The summed E-state index contributed by atoms with van der Waals surface area (Å²) in [5.74, 6) is 0. The Kier molecular flexibility index (Phi) is 4.39. The van der Waals surface area contributed by atoms with Gasteiger partial charge in [0.05, 0.1) is 6.07 Å². The lowest BCUT2D eigenvalue weighted by molar-refractivity contribution is 0.147. The fourth-order valence-corrected chi connectivity index (χ4v) is 1.06. The standard InChI is InChI=1S/C5H11N2O4P/c1-2-4(7)5(3-6)11-12(8,9)10/h4-5H,2,7H2,1H3,(H2,8,9,10). The van der Waals surface area contributed by atoms with Crippen molar-refractivity contribution in [2.24, 2.45) is 5.73 Å². The highest BCUT2D eigenvalue weighted by Crippen LogP contribution is 2.38. The third-order valence-electron chi connectivity index (χ3n) is 1.24. The van der Waals surface area contributed by atoms with Gasteiger partial charge in [-0.2, -0.15) is 5.26 Å². The predicted octanol–water partition coefficient (Wildman–Crippen LogP) is -0.275. The van der Waals surface area contributed by atoms with Crippen LogP contribution in [0.1, 0.15) is 13.3 Å². The molecule has 0 radical (unpaired) electrons. The van der Waals surface area contributed by atoms with Crippen LogP contribution in [-0.4, -0.2) is 21.9 Å². The van der Waals surface area contributed by atoms with Crippen LogP contribution in [0.15, 0.2) is 0 Å². The Bertz CT molecular complexity index is 220. The van der Waals surface area contributed by atoms with Crippen LogP contribution in [0.3, 0.4) is 0 Å². The van der Waals surface area contributed by atoms with E-state index in [1.807, 2.05) is 0 Å². The van der Waals surface area contributed by atoms with Gasteiger partial charge in [-0.25, -0.2) is 4.57 Å². The predicted molar refractivity (Wildman–Crippen MR) is 40.8 cm³/mol. The molecule has 0 aromatic heterocycles. The first-order valence-corrected chi connectivity index (χ1v) is 4.83. The summed E-state index contributed by atoms with van der Waals surface area (Å²) in [5.41, 5.74) is 5.34. The number of phosphoric ester groups is 1. The minimum atomic E-state index is -4.61. The van der Waals surface area contributed by atoms with Gasteiger partial charge in [0, 0.05) is 6.04 Å². The van der Waals surface area contributed by atoms with Crippen molar-refractivity contribution < 1.29 is 18.9 Å². The molecule has 0 aliphatic heterocycles. The fourth-order valence-electron chi connectivity index (χ4n) is 0.559. The molecule has 2 unspecified atom stereocenters. The molecule has 12 heavy (non-hydrogen) atoms. The summed E-state index contributed by atoms with van der Waals surface area (Å²) in [6.45, 7) is 1.69. The molecule has 0 amide bonds. The van der Waals surface area contributed by atoms with Gasteiger partial charge in [-0.05, 0) is 6.42 Å². The molecular formula is C5H11N2O4P. The van der Waals surface area contributed by atoms with Crippen molar-refractivity contribution in [3.8, 4) is 6.07 Å². The zero-order valence-electron chi connectivity index (χ0n) is 6.54. The topological polar surface area (TPSA) is 117 Å². The van der Waals surface area contributed by atoms with Gasteiger partial charge in [0.15, 0.2) is 6.10 Å². The van der Waals surface area contributed by atoms with Crippen LogP contribution in [-0.2, 0) is 9.09 Å². The number of phosphoric acid groups is 1. The highest BCUT2D eigenvalue weighted by molar-refractivity contribution is 7.46. The second kappa shape index (κ2) is 4.55. The number of nitrogens with zero attached hydrogens (tertiary/aromatic N) is 1. The molecule has 0 heterocycles. The Labute approximate surface area is 70.2 Å². The van der Waals surface area contributed by atoms with Crippen molar-refractivity contribution in [1.29, 1.82) is 5.26 Å². The lowest BCUT2D eigenvalue weighted by atomic mass is 10.1. The van der Waals surface area contributed by atoms with E-state index in [2.05, 4.69) is 4.52 Å². The molecule has 2 atom stereocenters. The summed E-state index contributed by atoms with van der Waals surface area (Å²) in [6.07, 6.45) is -0.839.